The van der Waals surface area contributed by atoms with Crippen LogP contribution in [0.4, 0.5) is 5.82 Å². The average molecular weight is 521 g/mol. The molecule has 0 spiro atoms. The Labute approximate surface area is 189 Å². The molecular formula is C19H30ClIN6O. The first-order valence-electron chi connectivity index (χ1n) is 9.77. The van der Waals surface area contributed by atoms with Crippen molar-refractivity contribution in [3.8, 4) is 0 Å². The average Bonchev–Trinajstić information content (AvgIpc) is 3.07. The molecule has 1 aliphatic carbocycles. The van der Waals surface area contributed by atoms with Crippen LogP contribution in [0.15, 0.2) is 23.3 Å². The molecule has 1 unspecified atom stereocenters. The molecule has 0 radical (unpaired) electrons. The summed E-state index contributed by atoms with van der Waals surface area (Å²) in [5, 5.41) is 10.5. The fraction of sp³-hybridized carbons (Fsp3) is 0.632. The van der Waals surface area contributed by atoms with E-state index in [1.807, 2.05) is 12.1 Å². The first-order chi connectivity index (χ1) is 13.2. The van der Waals surface area contributed by atoms with Crippen LogP contribution in [-0.2, 0) is 4.79 Å². The Kier molecular flexibility index (Phi) is 9.57. The molecule has 0 aromatic carbocycles. The molecule has 1 saturated heterocycles. The number of nitrogens with zero attached hydrogens (tertiary/aromatic N) is 3. The smallest absolute Gasteiger partial charge is 0.223 e. The normalized spacial score (nSPS) is 19.6. The third kappa shape index (κ3) is 6.37. The Morgan fingerprint density at radius 3 is 2.79 bits per heavy atom. The first kappa shape index (κ1) is 23.0. The molecule has 1 aromatic heterocycles. The molecule has 156 valence electrons. The van der Waals surface area contributed by atoms with E-state index in [0.717, 1.165) is 57.1 Å². The minimum absolute atomic E-state index is 0. The second-order valence-electron chi connectivity index (χ2n) is 7.16. The van der Waals surface area contributed by atoms with Crippen molar-refractivity contribution in [1.29, 1.82) is 0 Å². The summed E-state index contributed by atoms with van der Waals surface area (Å²) in [6, 6.07) is 4.01. The van der Waals surface area contributed by atoms with Crippen LogP contribution in [0.5, 0.6) is 0 Å². The highest BCUT2D eigenvalue weighted by molar-refractivity contribution is 14.0. The third-order valence-corrected chi connectivity index (χ3v) is 5.51. The summed E-state index contributed by atoms with van der Waals surface area (Å²) in [6.45, 7) is 3.23. The molecular weight excluding hydrogens is 491 g/mol. The van der Waals surface area contributed by atoms with Gasteiger partial charge in [-0.1, -0.05) is 18.0 Å². The van der Waals surface area contributed by atoms with E-state index in [1.165, 1.54) is 6.42 Å². The van der Waals surface area contributed by atoms with Gasteiger partial charge in [-0.2, -0.15) is 0 Å². The van der Waals surface area contributed by atoms with Gasteiger partial charge >= 0.3 is 0 Å². The molecule has 2 fully saturated rings. The number of hydrogen-bond donors (Lipinski definition) is 3. The van der Waals surface area contributed by atoms with Crippen LogP contribution in [0.2, 0.25) is 5.02 Å². The van der Waals surface area contributed by atoms with E-state index < -0.39 is 0 Å². The van der Waals surface area contributed by atoms with Gasteiger partial charge in [0.15, 0.2) is 5.96 Å². The molecule has 3 rings (SSSR count). The Balaban J connectivity index is 0.00000280. The van der Waals surface area contributed by atoms with Crippen molar-refractivity contribution in [3.05, 3.63) is 23.4 Å². The summed E-state index contributed by atoms with van der Waals surface area (Å²) in [7, 11) is 1.77. The van der Waals surface area contributed by atoms with Gasteiger partial charge in [0.05, 0.1) is 5.02 Å². The molecule has 7 nitrogen and oxygen atoms in total. The standard InChI is InChI=1S/C19H29ClN6O.HI/c1-21-19(24-11-4-10-23-18(27)14-5-2-6-14)25-15-8-12-26(13-15)17-16(20)7-3-9-22-17;/h3,7,9,14-15H,2,4-6,8,10-13H2,1H3,(H,23,27)(H2,21,24,25);1H. The molecule has 28 heavy (non-hydrogen) atoms. The van der Waals surface area contributed by atoms with Crippen LogP contribution in [0.3, 0.4) is 0 Å². The van der Waals surface area contributed by atoms with Crippen LogP contribution in [0.25, 0.3) is 0 Å². The molecule has 3 N–H and O–H groups in total. The van der Waals surface area contributed by atoms with E-state index in [2.05, 4.69) is 30.8 Å². The number of carbonyl (C=O) groups is 1. The van der Waals surface area contributed by atoms with Crippen LogP contribution < -0.4 is 20.9 Å². The van der Waals surface area contributed by atoms with Crippen molar-refractivity contribution in [2.45, 2.75) is 38.1 Å². The molecule has 9 heteroatoms. The maximum Gasteiger partial charge on any atom is 0.223 e. The summed E-state index contributed by atoms with van der Waals surface area (Å²) < 4.78 is 0. The van der Waals surface area contributed by atoms with E-state index >= 15 is 0 Å². The Morgan fingerprint density at radius 1 is 1.32 bits per heavy atom. The lowest BCUT2D eigenvalue weighted by Crippen LogP contribution is -2.45. The number of rotatable bonds is 7. The Morgan fingerprint density at radius 2 is 2.11 bits per heavy atom. The van der Waals surface area contributed by atoms with Crippen LogP contribution in [0, 0.1) is 5.92 Å². The van der Waals surface area contributed by atoms with E-state index in [0.29, 0.717) is 17.6 Å². The summed E-state index contributed by atoms with van der Waals surface area (Å²) in [5.74, 6) is 2.10. The summed E-state index contributed by atoms with van der Waals surface area (Å²) >= 11 is 6.25. The Bertz CT molecular complexity index is 670. The molecule has 2 heterocycles. The molecule has 2 aliphatic rings. The van der Waals surface area contributed by atoms with Crippen LogP contribution in [-0.4, -0.2) is 56.1 Å². The number of nitrogens with one attached hydrogen (secondary N) is 3. The van der Waals surface area contributed by atoms with Gasteiger partial charge in [-0.05, 0) is 37.8 Å². The lowest BCUT2D eigenvalue weighted by Gasteiger charge is -2.24. The second-order valence-corrected chi connectivity index (χ2v) is 7.56. The maximum absolute atomic E-state index is 11.8. The van der Waals surface area contributed by atoms with Crippen molar-refractivity contribution in [2.24, 2.45) is 10.9 Å². The minimum Gasteiger partial charge on any atom is -0.356 e. The zero-order chi connectivity index (χ0) is 19.1. The van der Waals surface area contributed by atoms with Gasteiger partial charge in [0, 0.05) is 51.4 Å². The highest BCUT2D eigenvalue weighted by atomic mass is 127. The van der Waals surface area contributed by atoms with E-state index in [-0.39, 0.29) is 35.8 Å². The van der Waals surface area contributed by atoms with Gasteiger partial charge in [-0.3, -0.25) is 9.79 Å². The summed E-state index contributed by atoms with van der Waals surface area (Å²) in [5.41, 5.74) is 0. The number of aromatic nitrogens is 1. The lowest BCUT2D eigenvalue weighted by atomic mass is 9.85. The predicted octanol–water partition coefficient (Wildman–Crippen LogP) is 2.40. The van der Waals surface area contributed by atoms with E-state index in [1.54, 1.807) is 13.2 Å². The monoisotopic (exact) mass is 520 g/mol. The zero-order valence-electron chi connectivity index (χ0n) is 16.3. The molecule has 1 aromatic rings. The SMILES string of the molecule is CN=C(NCCCNC(=O)C1CCC1)NC1CCN(c2ncccc2Cl)C1.I. The largest absolute Gasteiger partial charge is 0.356 e. The molecule has 1 atom stereocenters. The number of pyridine rings is 1. The van der Waals surface area contributed by atoms with Crippen LogP contribution >= 0.6 is 35.6 Å². The fourth-order valence-electron chi connectivity index (χ4n) is 3.39. The fourth-order valence-corrected chi connectivity index (χ4v) is 3.63. The van der Waals surface area contributed by atoms with Crippen molar-refractivity contribution in [2.75, 3.05) is 38.1 Å². The number of guanidine groups is 1. The number of hydrogen-bond acceptors (Lipinski definition) is 4. The quantitative estimate of drug-likeness (QED) is 0.223. The number of anilines is 1. The highest BCUT2D eigenvalue weighted by Gasteiger charge is 2.26. The lowest BCUT2D eigenvalue weighted by molar-refractivity contribution is -0.127. The number of aliphatic imine (C=N–C) groups is 1. The summed E-state index contributed by atoms with van der Waals surface area (Å²) in [6.07, 6.45) is 6.93. The topological polar surface area (TPSA) is 81.6 Å². The predicted molar refractivity (Wildman–Crippen MR) is 125 cm³/mol. The van der Waals surface area contributed by atoms with E-state index in [9.17, 15) is 4.79 Å². The van der Waals surface area contributed by atoms with Crippen molar-refractivity contribution < 1.29 is 4.79 Å². The summed E-state index contributed by atoms with van der Waals surface area (Å²) in [4.78, 5) is 22.7. The van der Waals surface area contributed by atoms with Crippen molar-refractivity contribution >= 4 is 53.3 Å². The van der Waals surface area contributed by atoms with Crippen molar-refractivity contribution in [3.63, 3.8) is 0 Å². The number of halogens is 2. The molecule has 1 amide bonds. The van der Waals surface area contributed by atoms with Gasteiger partial charge < -0.3 is 20.9 Å². The first-order valence-corrected chi connectivity index (χ1v) is 10.2. The molecule has 1 saturated carbocycles. The van der Waals surface area contributed by atoms with E-state index in [4.69, 9.17) is 11.6 Å². The Hall–Kier alpha value is -1.29. The van der Waals surface area contributed by atoms with Gasteiger partial charge in [0.2, 0.25) is 5.91 Å². The zero-order valence-corrected chi connectivity index (χ0v) is 19.4. The second kappa shape index (κ2) is 11.6. The maximum atomic E-state index is 11.8. The van der Waals surface area contributed by atoms with Gasteiger partial charge in [0.25, 0.3) is 0 Å². The highest BCUT2D eigenvalue weighted by Crippen LogP contribution is 2.26. The molecule has 1 aliphatic heterocycles. The molecule has 0 bridgehead atoms. The third-order valence-electron chi connectivity index (χ3n) is 5.21. The van der Waals surface area contributed by atoms with Crippen molar-refractivity contribution in [1.82, 2.24) is 20.9 Å². The van der Waals surface area contributed by atoms with Crippen LogP contribution in [0.1, 0.15) is 32.1 Å². The van der Waals surface area contributed by atoms with Gasteiger partial charge in [0.1, 0.15) is 5.82 Å². The van der Waals surface area contributed by atoms with Gasteiger partial charge in [-0.25, -0.2) is 4.98 Å². The number of carbonyl (C=O) groups excluding carboxylic acids is 1. The minimum atomic E-state index is 0. The number of amides is 1. The van der Waals surface area contributed by atoms with Gasteiger partial charge in [-0.15, -0.1) is 24.0 Å².